The number of aromatic nitrogens is 1. The van der Waals surface area contributed by atoms with Crippen LogP contribution in [0.3, 0.4) is 0 Å². The number of nitrogens with two attached hydrogens (primary N) is 1. The Hall–Kier alpha value is -0.830. The van der Waals surface area contributed by atoms with E-state index in [-0.39, 0.29) is 10.8 Å². The molecule has 2 N–H and O–H groups in total. The van der Waals surface area contributed by atoms with Gasteiger partial charge in [-0.1, -0.05) is 11.6 Å². The average molecular weight is 187 g/mol. The van der Waals surface area contributed by atoms with Crippen LogP contribution in [-0.2, 0) is 0 Å². The molecule has 0 aromatic carbocycles. The SMILES string of the molecule is Nc1cc(C2CC2)nc(Cl)c1F. The van der Waals surface area contributed by atoms with E-state index >= 15 is 0 Å². The first-order valence-electron chi connectivity index (χ1n) is 3.80. The number of nitrogen functional groups attached to an aromatic ring is 1. The Labute approximate surface area is 74.5 Å². The molecule has 4 heteroatoms. The lowest BCUT2D eigenvalue weighted by atomic mass is 10.2. The van der Waals surface area contributed by atoms with Gasteiger partial charge in [0, 0.05) is 11.6 Å². The Bertz CT molecular complexity index is 300. The quantitative estimate of drug-likeness (QED) is 0.684. The predicted molar refractivity (Wildman–Crippen MR) is 45.6 cm³/mol. The van der Waals surface area contributed by atoms with Crippen LogP contribution >= 0.6 is 11.6 Å². The van der Waals surface area contributed by atoms with Gasteiger partial charge in [0.15, 0.2) is 11.0 Å². The summed E-state index contributed by atoms with van der Waals surface area (Å²) in [6.07, 6.45) is 2.21. The van der Waals surface area contributed by atoms with Crippen molar-refractivity contribution in [2.24, 2.45) is 0 Å². The summed E-state index contributed by atoms with van der Waals surface area (Å²) in [4.78, 5) is 3.91. The summed E-state index contributed by atoms with van der Waals surface area (Å²) in [5.41, 5.74) is 6.30. The summed E-state index contributed by atoms with van der Waals surface area (Å²) in [7, 11) is 0. The Balaban J connectivity index is 2.45. The summed E-state index contributed by atoms with van der Waals surface area (Å²) in [6, 6.07) is 1.57. The van der Waals surface area contributed by atoms with E-state index in [2.05, 4.69) is 4.98 Å². The zero-order chi connectivity index (χ0) is 8.72. The third-order valence-electron chi connectivity index (χ3n) is 1.96. The monoisotopic (exact) mass is 186 g/mol. The molecule has 0 saturated heterocycles. The molecule has 1 fully saturated rings. The Kier molecular flexibility index (Phi) is 1.68. The highest BCUT2D eigenvalue weighted by Gasteiger charge is 2.26. The number of halogens is 2. The summed E-state index contributed by atoms with van der Waals surface area (Å²) in [6.45, 7) is 0. The Morgan fingerprint density at radius 3 is 2.75 bits per heavy atom. The molecule has 12 heavy (non-hydrogen) atoms. The molecule has 0 aliphatic heterocycles. The van der Waals surface area contributed by atoms with E-state index in [1.807, 2.05) is 0 Å². The summed E-state index contributed by atoms with van der Waals surface area (Å²) >= 11 is 5.52. The minimum Gasteiger partial charge on any atom is -0.396 e. The van der Waals surface area contributed by atoms with Crippen molar-refractivity contribution in [2.75, 3.05) is 5.73 Å². The number of anilines is 1. The van der Waals surface area contributed by atoms with Gasteiger partial charge < -0.3 is 5.73 Å². The second-order valence-electron chi connectivity index (χ2n) is 3.02. The first-order valence-corrected chi connectivity index (χ1v) is 4.17. The maximum atomic E-state index is 12.9. The number of rotatable bonds is 1. The normalized spacial score (nSPS) is 16.5. The van der Waals surface area contributed by atoms with Crippen molar-refractivity contribution in [3.05, 3.63) is 22.7 Å². The van der Waals surface area contributed by atoms with Crippen molar-refractivity contribution in [2.45, 2.75) is 18.8 Å². The Morgan fingerprint density at radius 2 is 2.25 bits per heavy atom. The van der Waals surface area contributed by atoms with E-state index < -0.39 is 5.82 Å². The molecule has 1 aliphatic carbocycles. The number of hydrogen-bond acceptors (Lipinski definition) is 2. The number of pyridine rings is 1. The fourth-order valence-electron chi connectivity index (χ4n) is 1.12. The van der Waals surface area contributed by atoms with Crippen molar-refractivity contribution in [1.82, 2.24) is 4.98 Å². The highest BCUT2D eigenvalue weighted by Crippen LogP contribution is 2.40. The molecular formula is C8H8ClFN2. The molecule has 1 aliphatic rings. The second-order valence-corrected chi connectivity index (χ2v) is 3.37. The van der Waals surface area contributed by atoms with Crippen LogP contribution in [0.1, 0.15) is 24.5 Å². The van der Waals surface area contributed by atoms with Gasteiger partial charge in [-0.3, -0.25) is 0 Å². The van der Waals surface area contributed by atoms with Crippen molar-refractivity contribution in [3.63, 3.8) is 0 Å². The standard InChI is InChI=1S/C8H8ClFN2/c9-8-7(10)5(11)3-6(12-8)4-1-2-4/h3-4H,1-2H2,(H2,11,12). The maximum absolute atomic E-state index is 12.9. The molecule has 0 radical (unpaired) electrons. The topological polar surface area (TPSA) is 38.9 Å². The van der Waals surface area contributed by atoms with Crippen LogP contribution in [0, 0.1) is 5.82 Å². The van der Waals surface area contributed by atoms with Gasteiger partial charge in [0.2, 0.25) is 0 Å². The van der Waals surface area contributed by atoms with Crippen LogP contribution in [-0.4, -0.2) is 4.98 Å². The highest BCUT2D eigenvalue weighted by molar-refractivity contribution is 6.29. The maximum Gasteiger partial charge on any atom is 0.183 e. The Morgan fingerprint density at radius 1 is 1.58 bits per heavy atom. The molecule has 0 unspecified atom stereocenters. The lowest BCUT2D eigenvalue weighted by Gasteiger charge is -2.02. The fraction of sp³-hybridized carbons (Fsp3) is 0.375. The molecule has 0 atom stereocenters. The van der Waals surface area contributed by atoms with Crippen LogP contribution in [0.5, 0.6) is 0 Å². The first kappa shape index (κ1) is 7.80. The summed E-state index contributed by atoms with van der Waals surface area (Å²) in [5, 5.41) is -0.114. The van der Waals surface area contributed by atoms with E-state index in [4.69, 9.17) is 17.3 Å². The minimum absolute atomic E-state index is 0.0944. The van der Waals surface area contributed by atoms with Crippen molar-refractivity contribution in [1.29, 1.82) is 0 Å². The molecule has 0 amide bonds. The summed E-state index contributed by atoms with van der Waals surface area (Å²) < 4.78 is 12.9. The summed E-state index contributed by atoms with van der Waals surface area (Å²) in [5.74, 6) is -0.161. The van der Waals surface area contributed by atoms with Crippen molar-refractivity contribution >= 4 is 17.3 Å². The highest BCUT2D eigenvalue weighted by atomic mass is 35.5. The van der Waals surface area contributed by atoms with Crippen LogP contribution < -0.4 is 5.73 Å². The van der Waals surface area contributed by atoms with Crippen molar-refractivity contribution in [3.8, 4) is 0 Å². The van der Waals surface area contributed by atoms with E-state index in [0.717, 1.165) is 18.5 Å². The minimum atomic E-state index is -0.610. The van der Waals surface area contributed by atoms with E-state index in [1.165, 1.54) is 0 Å². The molecule has 1 heterocycles. The van der Waals surface area contributed by atoms with Gasteiger partial charge in [-0.2, -0.15) is 0 Å². The lowest BCUT2D eigenvalue weighted by Crippen LogP contribution is -1.97. The molecular weight excluding hydrogens is 179 g/mol. The van der Waals surface area contributed by atoms with Crippen LogP contribution in [0.15, 0.2) is 6.07 Å². The average Bonchev–Trinajstić information content (AvgIpc) is 2.81. The van der Waals surface area contributed by atoms with E-state index in [1.54, 1.807) is 6.07 Å². The van der Waals surface area contributed by atoms with Crippen LogP contribution in [0.4, 0.5) is 10.1 Å². The molecule has 1 saturated carbocycles. The molecule has 2 nitrogen and oxygen atoms in total. The van der Waals surface area contributed by atoms with Gasteiger partial charge in [0.1, 0.15) is 0 Å². The van der Waals surface area contributed by atoms with E-state index in [9.17, 15) is 4.39 Å². The number of hydrogen-bond donors (Lipinski definition) is 1. The molecule has 1 aromatic heterocycles. The fourth-order valence-corrected chi connectivity index (χ4v) is 1.33. The van der Waals surface area contributed by atoms with Gasteiger partial charge in [-0.15, -0.1) is 0 Å². The third-order valence-corrected chi connectivity index (χ3v) is 2.21. The molecule has 2 rings (SSSR count). The number of nitrogens with zero attached hydrogens (tertiary/aromatic N) is 1. The van der Waals surface area contributed by atoms with Crippen LogP contribution in [0.2, 0.25) is 5.15 Å². The predicted octanol–water partition coefficient (Wildman–Crippen LogP) is 2.33. The molecule has 0 spiro atoms. The first-order chi connectivity index (χ1) is 5.68. The second kappa shape index (κ2) is 2.59. The largest absolute Gasteiger partial charge is 0.396 e. The van der Waals surface area contributed by atoms with Crippen LogP contribution in [0.25, 0.3) is 0 Å². The zero-order valence-electron chi connectivity index (χ0n) is 6.35. The molecule has 0 bridgehead atoms. The van der Waals surface area contributed by atoms with Gasteiger partial charge in [-0.05, 0) is 18.9 Å². The zero-order valence-corrected chi connectivity index (χ0v) is 7.11. The smallest absolute Gasteiger partial charge is 0.183 e. The van der Waals surface area contributed by atoms with Gasteiger partial charge in [0.05, 0.1) is 5.69 Å². The molecule has 1 aromatic rings. The van der Waals surface area contributed by atoms with Crippen molar-refractivity contribution < 1.29 is 4.39 Å². The third kappa shape index (κ3) is 1.25. The van der Waals surface area contributed by atoms with Gasteiger partial charge in [0.25, 0.3) is 0 Å². The molecule has 64 valence electrons. The lowest BCUT2D eigenvalue weighted by molar-refractivity contribution is 0.624. The van der Waals surface area contributed by atoms with Gasteiger partial charge >= 0.3 is 0 Å². The van der Waals surface area contributed by atoms with E-state index in [0.29, 0.717) is 5.92 Å². The van der Waals surface area contributed by atoms with Gasteiger partial charge in [-0.25, -0.2) is 9.37 Å².